The predicted molar refractivity (Wildman–Crippen MR) is 82.2 cm³/mol. The van der Waals surface area contributed by atoms with E-state index in [0.29, 0.717) is 0 Å². The fraction of sp³-hybridized carbons (Fsp3) is 0.600. The summed E-state index contributed by atoms with van der Waals surface area (Å²) in [6, 6.07) is 7.40. The molecule has 0 aliphatic heterocycles. The number of benzene rings is 1. The molecule has 1 fully saturated rings. The number of hydrogen-bond donors (Lipinski definition) is 1. The molecule has 18 heavy (non-hydrogen) atoms. The maximum absolute atomic E-state index is 5.74. The second kappa shape index (κ2) is 6.58. The van der Waals surface area contributed by atoms with Crippen LogP contribution in [0.2, 0.25) is 0 Å². The second-order valence-corrected chi connectivity index (χ2v) is 6.01. The van der Waals surface area contributed by atoms with Gasteiger partial charge in [0, 0.05) is 22.7 Å². The molecule has 0 atom stereocenters. The van der Waals surface area contributed by atoms with E-state index < -0.39 is 0 Å². The summed E-state index contributed by atoms with van der Waals surface area (Å²) in [7, 11) is 0. The van der Waals surface area contributed by atoms with Crippen molar-refractivity contribution in [3.05, 3.63) is 28.2 Å². The lowest BCUT2D eigenvalue weighted by atomic mass is 10.1. The zero-order valence-corrected chi connectivity index (χ0v) is 12.7. The molecule has 1 aliphatic carbocycles. The summed E-state index contributed by atoms with van der Waals surface area (Å²) in [4.78, 5) is 2.60. The summed E-state index contributed by atoms with van der Waals surface area (Å²) >= 11 is 3.56. The second-order valence-electron chi connectivity index (χ2n) is 5.09. The maximum Gasteiger partial charge on any atom is 0.0402 e. The molecule has 1 aromatic rings. The van der Waals surface area contributed by atoms with E-state index in [1.807, 2.05) is 0 Å². The Bertz CT molecular complexity index is 388. The van der Waals surface area contributed by atoms with Gasteiger partial charge in [-0.3, -0.25) is 0 Å². The van der Waals surface area contributed by atoms with E-state index in [1.54, 1.807) is 0 Å². The van der Waals surface area contributed by atoms with Crippen molar-refractivity contribution in [1.82, 2.24) is 0 Å². The molecule has 100 valence electrons. The van der Waals surface area contributed by atoms with Crippen molar-refractivity contribution in [2.24, 2.45) is 5.73 Å². The van der Waals surface area contributed by atoms with Crippen molar-refractivity contribution in [2.75, 3.05) is 18.0 Å². The van der Waals surface area contributed by atoms with Gasteiger partial charge in [-0.1, -0.05) is 29.3 Å². The van der Waals surface area contributed by atoms with Gasteiger partial charge in [-0.25, -0.2) is 0 Å². The number of nitrogens with two attached hydrogens (primary N) is 1. The lowest BCUT2D eigenvalue weighted by molar-refractivity contribution is 0.709. The molecule has 2 N–H and O–H groups in total. The van der Waals surface area contributed by atoms with Crippen LogP contribution in [0, 0.1) is 0 Å². The van der Waals surface area contributed by atoms with Crippen molar-refractivity contribution < 1.29 is 0 Å². The van der Waals surface area contributed by atoms with Crippen molar-refractivity contribution in [3.8, 4) is 0 Å². The fourth-order valence-corrected chi connectivity index (χ4v) is 2.81. The van der Waals surface area contributed by atoms with Crippen LogP contribution in [0.25, 0.3) is 0 Å². The van der Waals surface area contributed by atoms with E-state index in [9.17, 15) is 0 Å². The van der Waals surface area contributed by atoms with E-state index >= 15 is 0 Å². The minimum atomic E-state index is 0.718. The molecule has 0 saturated heterocycles. The summed E-state index contributed by atoms with van der Waals surface area (Å²) in [6.45, 7) is 4.16. The Kier molecular flexibility index (Phi) is 5.07. The van der Waals surface area contributed by atoms with Crippen LogP contribution in [-0.2, 0) is 6.42 Å². The van der Waals surface area contributed by atoms with E-state index in [-0.39, 0.29) is 0 Å². The topological polar surface area (TPSA) is 29.3 Å². The molecule has 0 unspecified atom stereocenters. The third-order valence-corrected chi connectivity index (χ3v) is 4.00. The number of halogens is 1. The Morgan fingerprint density at radius 1 is 1.39 bits per heavy atom. The molecule has 0 amide bonds. The first-order chi connectivity index (χ1) is 8.76. The Hall–Kier alpha value is -0.540. The van der Waals surface area contributed by atoms with Gasteiger partial charge in [-0.2, -0.15) is 0 Å². The Labute approximate surface area is 119 Å². The Balaban J connectivity index is 2.21. The molecule has 1 aromatic carbocycles. The van der Waals surface area contributed by atoms with Gasteiger partial charge < -0.3 is 10.6 Å². The van der Waals surface area contributed by atoms with Crippen LogP contribution >= 0.6 is 15.9 Å². The van der Waals surface area contributed by atoms with Crippen LogP contribution in [-0.4, -0.2) is 19.1 Å². The lowest BCUT2D eigenvalue weighted by Crippen LogP contribution is -2.28. The SMILES string of the molecule is CCCCN(c1ccc(Br)cc1CCN)C1CC1. The van der Waals surface area contributed by atoms with Crippen molar-refractivity contribution in [3.63, 3.8) is 0 Å². The molecule has 1 aliphatic rings. The summed E-state index contributed by atoms with van der Waals surface area (Å²) in [5, 5.41) is 0. The maximum atomic E-state index is 5.74. The van der Waals surface area contributed by atoms with Gasteiger partial charge in [0.2, 0.25) is 0 Å². The zero-order chi connectivity index (χ0) is 13.0. The van der Waals surface area contributed by atoms with Gasteiger partial charge in [0.25, 0.3) is 0 Å². The summed E-state index contributed by atoms with van der Waals surface area (Å²) in [5.74, 6) is 0. The third kappa shape index (κ3) is 3.48. The zero-order valence-electron chi connectivity index (χ0n) is 11.2. The Morgan fingerprint density at radius 3 is 2.78 bits per heavy atom. The van der Waals surface area contributed by atoms with Gasteiger partial charge in [-0.05, 0) is 56.0 Å². The van der Waals surface area contributed by atoms with E-state index in [0.717, 1.165) is 23.5 Å². The highest BCUT2D eigenvalue weighted by Gasteiger charge is 2.29. The van der Waals surface area contributed by atoms with Crippen LogP contribution in [0.15, 0.2) is 22.7 Å². The highest BCUT2D eigenvalue weighted by Crippen LogP contribution is 2.35. The van der Waals surface area contributed by atoms with Gasteiger partial charge in [0.15, 0.2) is 0 Å². The number of rotatable bonds is 7. The molecule has 2 rings (SSSR count). The van der Waals surface area contributed by atoms with Crippen molar-refractivity contribution in [1.29, 1.82) is 0 Å². The molecule has 0 bridgehead atoms. The molecule has 0 spiro atoms. The molecular formula is C15H23BrN2. The average Bonchev–Trinajstić information content (AvgIpc) is 3.17. The van der Waals surface area contributed by atoms with Crippen molar-refractivity contribution in [2.45, 2.75) is 45.1 Å². The number of hydrogen-bond acceptors (Lipinski definition) is 2. The quantitative estimate of drug-likeness (QED) is 0.831. The summed E-state index contributed by atoms with van der Waals surface area (Å²) in [6.07, 6.45) is 6.19. The minimum absolute atomic E-state index is 0.718. The van der Waals surface area contributed by atoms with E-state index in [4.69, 9.17) is 5.73 Å². The van der Waals surface area contributed by atoms with Crippen molar-refractivity contribution >= 4 is 21.6 Å². The number of anilines is 1. The average molecular weight is 311 g/mol. The van der Waals surface area contributed by atoms with Crippen LogP contribution in [0.3, 0.4) is 0 Å². The molecule has 0 radical (unpaired) electrons. The van der Waals surface area contributed by atoms with Crippen LogP contribution in [0.4, 0.5) is 5.69 Å². The van der Waals surface area contributed by atoms with Crippen LogP contribution in [0.5, 0.6) is 0 Å². The highest BCUT2D eigenvalue weighted by atomic mass is 79.9. The fourth-order valence-electron chi connectivity index (χ4n) is 2.40. The predicted octanol–water partition coefficient (Wildman–Crippen LogP) is 3.72. The molecule has 0 heterocycles. The monoisotopic (exact) mass is 310 g/mol. The smallest absolute Gasteiger partial charge is 0.0402 e. The third-order valence-electron chi connectivity index (χ3n) is 3.50. The number of unbranched alkanes of at least 4 members (excludes halogenated alkanes) is 1. The minimum Gasteiger partial charge on any atom is -0.368 e. The largest absolute Gasteiger partial charge is 0.368 e. The molecule has 2 nitrogen and oxygen atoms in total. The summed E-state index contributed by atoms with van der Waals surface area (Å²) in [5.41, 5.74) is 8.52. The highest BCUT2D eigenvalue weighted by molar-refractivity contribution is 9.10. The van der Waals surface area contributed by atoms with Gasteiger partial charge in [-0.15, -0.1) is 0 Å². The number of nitrogens with zero attached hydrogens (tertiary/aromatic N) is 1. The first kappa shape index (κ1) is 13.9. The molecule has 1 saturated carbocycles. The van der Waals surface area contributed by atoms with Gasteiger partial charge >= 0.3 is 0 Å². The van der Waals surface area contributed by atoms with E-state index in [1.165, 1.54) is 43.5 Å². The molecule has 3 heteroatoms. The molecular weight excluding hydrogens is 288 g/mol. The first-order valence-corrected chi connectivity index (χ1v) is 7.80. The molecule has 0 aromatic heterocycles. The summed E-state index contributed by atoms with van der Waals surface area (Å²) < 4.78 is 1.15. The van der Waals surface area contributed by atoms with E-state index in [2.05, 4.69) is 46.0 Å². The lowest BCUT2D eigenvalue weighted by Gasteiger charge is -2.27. The van der Waals surface area contributed by atoms with Crippen LogP contribution < -0.4 is 10.6 Å². The normalized spacial score (nSPS) is 14.8. The Morgan fingerprint density at radius 2 is 2.17 bits per heavy atom. The van der Waals surface area contributed by atoms with Gasteiger partial charge in [0.05, 0.1) is 0 Å². The van der Waals surface area contributed by atoms with Crippen LogP contribution in [0.1, 0.15) is 38.2 Å². The van der Waals surface area contributed by atoms with Gasteiger partial charge in [0.1, 0.15) is 0 Å². The first-order valence-electron chi connectivity index (χ1n) is 7.01. The standard InChI is InChI=1S/C15H23BrN2/c1-2-3-10-18(14-5-6-14)15-7-4-13(16)11-12(15)8-9-17/h4,7,11,14H,2-3,5-6,8-10,17H2,1H3.